The number of aromatic nitrogens is 3. The lowest BCUT2D eigenvalue weighted by molar-refractivity contribution is 0.466. The fraction of sp³-hybridized carbons (Fsp3) is 0.0714. The van der Waals surface area contributed by atoms with E-state index in [0.29, 0.717) is 21.9 Å². The number of benzene rings is 1. The molecule has 0 aliphatic rings. The monoisotopic (exact) mass is 303 g/mol. The first kappa shape index (κ1) is 13.1. The van der Waals surface area contributed by atoms with E-state index in [4.69, 9.17) is 16.0 Å². The molecule has 0 amide bonds. The molecule has 2 heterocycles. The summed E-state index contributed by atoms with van der Waals surface area (Å²) in [5.74, 6) is 1.19. The maximum Gasteiger partial charge on any atom is 0.277 e. The van der Waals surface area contributed by atoms with Crippen LogP contribution in [-0.4, -0.2) is 15.2 Å². The fourth-order valence-corrected chi connectivity index (χ4v) is 2.40. The van der Waals surface area contributed by atoms with Crippen LogP contribution in [0.25, 0.3) is 11.5 Å². The Labute approximate surface area is 125 Å². The third-order valence-corrected chi connectivity index (χ3v) is 3.67. The zero-order valence-corrected chi connectivity index (χ0v) is 11.9. The Morgan fingerprint density at radius 1 is 1.05 bits per heavy atom. The highest BCUT2D eigenvalue weighted by molar-refractivity contribution is 7.98. The molecule has 0 N–H and O–H groups in total. The van der Waals surface area contributed by atoms with E-state index in [1.54, 1.807) is 18.3 Å². The van der Waals surface area contributed by atoms with E-state index in [-0.39, 0.29) is 0 Å². The van der Waals surface area contributed by atoms with E-state index in [1.165, 1.54) is 11.8 Å². The fourth-order valence-electron chi connectivity index (χ4n) is 1.60. The second kappa shape index (κ2) is 6.07. The van der Waals surface area contributed by atoms with Crippen molar-refractivity contribution in [3.8, 4) is 11.5 Å². The molecule has 20 heavy (non-hydrogen) atoms. The van der Waals surface area contributed by atoms with Crippen LogP contribution in [0.1, 0.15) is 5.69 Å². The van der Waals surface area contributed by atoms with Crippen LogP contribution in [0.15, 0.2) is 58.3 Å². The lowest BCUT2D eigenvalue weighted by atomic mass is 10.2. The highest BCUT2D eigenvalue weighted by atomic mass is 35.5. The topological polar surface area (TPSA) is 51.8 Å². The molecule has 3 aromatic rings. The van der Waals surface area contributed by atoms with Crippen molar-refractivity contribution < 1.29 is 4.42 Å². The lowest BCUT2D eigenvalue weighted by Gasteiger charge is -1.96. The summed E-state index contributed by atoms with van der Waals surface area (Å²) in [5, 5.41) is 9.25. The van der Waals surface area contributed by atoms with Gasteiger partial charge in [-0.2, -0.15) is 0 Å². The number of pyridine rings is 1. The number of nitrogens with zero attached hydrogens (tertiary/aromatic N) is 3. The number of rotatable bonds is 4. The number of halogens is 1. The minimum atomic E-state index is 0.491. The molecule has 0 saturated carbocycles. The summed E-state index contributed by atoms with van der Waals surface area (Å²) in [7, 11) is 0. The molecule has 0 bridgehead atoms. The maximum absolute atomic E-state index is 5.84. The van der Waals surface area contributed by atoms with E-state index in [9.17, 15) is 0 Å². The molecule has 0 aliphatic heterocycles. The third-order valence-electron chi connectivity index (χ3n) is 2.57. The molecule has 1 aromatic carbocycles. The van der Waals surface area contributed by atoms with Gasteiger partial charge >= 0.3 is 0 Å². The van der Waals surface area contributed by atoms with Crippen LogP contribution in [-0.2, 0) is 5.75 Å². The van der Waals surface area contributed by atoms with Gasteiger partial charge in [-0.1, -0.05) is 29.4 Å². The predicted octanol–water partition coefficient (Wildman–Crippen LogP) is 4.08. The molecule has 2 aromatic heterocycles. The molecular weight excluding hydrogens is 294 g/mol. The molecule has 4 nitrogen and oxygen atoms in total. The van der Waals surface area contributed by atoms with Crippen molar-refractivity contribution in [3.63, 3.8) is 0 Å². The predicted molar refractivity (Wildman–Crippen MR) is 78.5 cm³/mol. The summed E-state index contributed by atoms with van der Waals surface area (Å²) in [4.78, 5) is 4.24. The average molecular weight is 304 g/mol. The van der Waals surface area contributed by atoms with Gasteiger partial charge in [-0.25, -0.2) is 0 Å². The summed E-state index contributed by atoms with van der Waals surface area (Å²) in [6.45, 7) is 0. The second-order valence-corrected chi connectivity index (χ2v) is 5.35. The second-order valence-electron chi connectivity index (χ2n) is 3.99. The summed E-state index contributed by atoms with van der Waals surface area (Å²) >= 11 is 7.31. The van der Waals surface area contributed by atoms with Crippen LogP contribution >= 0.6 is 23.4 Å². The molecule has 0 unspecified atom stereocenters. The largest absolute Gasteiger partial charge is 0.411 e. The average Bonchev–Trinajstić information content (AvgIpc) is 2.96. The smallest absolute Gasteiger partial charge is 0.277 e. The zero-order chi connectivity index (χ0) is 13.8. The Morgan fingerprint density at radius 2 is 1.90 bits per heavy atom. The molecule has 0 fully saturated rings. The van der Waals surface area contributed by atoms with E-state index in [2.05, 4.69) is 15.2 Å². The molecular formula is C14H10ClN3OS. The van der Waals surface area contributed by atoms with Crippen molar-refractivity contribution >= 4 is 23.4 Å². The third kappa shape index (κ3) is 3.18. The van der Waals surface area contributed by atoms with Crippen molar-refractivity contribution in [3.05, 3.63) is 59.4 Å². The Kier molecular flexibility index (Phi) is 3.99. The highest BCUT2D eigenvalue weighted by Crippen LogP contribution is 2.25. The van der Waals surface area contributed by atoms with Crippen molar-refractivity contribution in [1.82, 2.24) is 15.2 Å². The van der Waals surface area contributed by atoms with Crippen LogP contribution < -0.4 is 0 Å². The van der Waals surface area contributed by atoms with Crippen molar-refractivity contribution in [2.45, 2.75) is 11.0 Å². The van der Waals surface area contributed by atoms with Crippen LogP contribution in [0.5, 0.6) is 0 Å². The van der Waals surface area contributed by atoms with Gasteiger partial charge in [0, 0.05) is 22.5 Å². The molecule has 0 radical (unpaired) electrons. The highest BCUT2D eigenvalue weighted by Gasteiger charge is 2.09. The van der Waals surface area contributed by atoms with Crippen molar-refractivity contribution in [2.24, 2.45) is 0 Å². The standard InChI is InChI=1S/C14H10ClN3OS/c15-11-6-4-10(5-7-11)13-17-18-14(19-13)20-9-12-3-1-2-8-16-12/h1-8H,9H2. The molecule has 0 spiro atoms. The van der Waals surface area contributed by atoms with Crippen LogP contribution in [0.4, 0.5) is 0 Å². The Hall–Kier alpha value is -1.85. The molecule has 0 atom stereocenters. The van der Waals surface area contributed by atoms with Crippen LogP contribution in [0.2, 0.25) is 5.02 Å². The molecule has 100 valence electrons. The lowest BCUT2D eigenvalue weighted by Crippen LogP contribution is -1.84. The van der Waals surface area contributed by atoms with Gasteiger partial charge < -0.3 is 4.42 Å². The summed E-state index contributed by atoms with van der Waals surface area (Å²) < 4.78 is 5.60. The molecule has 0 aliphatic carbocycles. The van der Waals surface area contributed by atoms with Crippen molar-refractivity contribution in [1.29, 1.82) is 0 Å². The number of hydrogen-bond donors (Lipinski definition) is 0. The summed E-state index contributed by atoms with van der Waals surface area (Å²) in [5.41, 5.74) is 1.83. The van der Waals surface area contributed by atoms with E-state index in [1.807, 2.05) is 30.3 Å². The quantitative estimate of drug-likeness (QED) is 0.680. The Balaban J connectivity index is 1.69. The van der Waals surface area contributed by atoms with Gasteiger partial charge in [0.1, 0.15) is 0 Å². The van der Waals surface area contributed by atoms with Gasteiger partial charge in [0.05, 0.1) is 5.69 Å². The minimum absolute atomic E-state index is 0.491. The van der Waals surface area contributed by atoms with Gasteiger partial charge in [-0.3, -0.25) is 4.98 Å². The maximum atomic E-state index is 5.84. The van der Waals surface area contributed by atoms with E-state index in [0.717, 1.165) is 11.3 Å². The molecule has 6 heteroatoms. The van der Waals surface area contributed by atoms with Crippen molar-refractivity contribution in [2.75, 3.05) is 0 Å². The minimum Gasteiger partial charge on any atom is -0.411 e. The summed E-state index contributed by atoms with van der Waals surface area (Å²) in [6, 6.07) is 13.1. The van der Waals surface area contributed by atoms with Gasteiger partial charge in [0.15, 0.2) is 0 Å². The van der Waals surface area contributed by atoms with E-state index >= 15 is 0 Å². The van der Waals surface area contributed by atoms with Crippen LogP contribution in [0, 0.1) is 0 Å². The molecule has 3 rings (SSSR count). The Bertz CT molecular complexity index is 685. The number of hydrogen-bond acceptors (Lipinski definition) is 5. The first-order chi connectivity index (χ1) is 9.81. The van der Waals surface area contributed by atoms with E-state index < -0.39 is 0 Å². The first-order valence-electron chi connectivity index (χ1n) is 5.93. The van der Waals surface area contributed by atoms with Crippen LogP contribution in [0.3, 0.4) is 0 Å². The zero-order valence-electron chi connectivity index (χ0n) is 10.4. The first-order valence-corrected chi connectivity index (χ1v) is 7.30. The van der Waals surface area contributed by atoms with Gasteiger partial charge in [-0.05, 0) is 36.4 Å². The normalized spacial score (nSPS) is 10.7. The molecule has 0 saturated heterocycles. The van der Waals surface area contributed by atoms with Gasteiger partial charge in [0.25, 0.3) is 5.22 Å². The SMILES string of the molecule is Clc1ccc(-c2nnc(SCc3ccccn3)o2)cc1. The van der Waals surface area contributed by atoms with Gasteiger partial charge in [-0.15, -0.1) is 10.2 Å². The number of thioether (sulfide) groups is 1. The summed E-state index contributed by atoms with van der Waals surface area (Å²) in [6.07, 6.45) is 1.77. The Morgan fingerprint density at radius 3 is 2.65 bits per heavy atom. The van der Waals surface area contributed by atoms with Gasteiger partial charge in [0.2, 0.25) is 5.89 Å².